The minimum Gasteiger partial charge on any atom is -0.481 e. The first-order chi connectivity index (χ1) is 13.3. The molecule has 1 amide bonds. The number of hydrogen-bond donors (Lipinski definition) is 3. The molecule has 4 rings (SSSR count). The van der Waals surface area contributed by atoms with E-state index >= 15 is 0 Å². The van der Waals surface area contributed by atoms with Crippen LogP contribution in [0.2, 0.25) is 0 Å². The molecule has 2 fully saturated rings. The van der Waals surface area contributed by atoms with E-state index in [1.54, 1.807) is 5.38 Å². The molecule has 0 radical (unpaired) electrons. The van der Waals surface area contributed by atoms with Gasteiger partial charge in [0.1, 0.15) is 0 Å². The van der Waals surface area contributed by atoms with Crippen molar-refractivity contribution in [1.82, 2.24) is 4.98 Å². The molecule has 9 nitrogen and oxygen atoms in total. The molecule has 0 spiro atoms. The van der Waals surface area contributed by atoms with E-state index in [-0.39, 0.29) is 10.0 Å². The van der Waals surface area contributed by atoms with Crippen LogP contribution in [0.1, 0.15) is 12.8 Å². The van der Waals surface area contributed by atoms with Gasteiger partial charge in [0.05, 0.1) is 28.9 Å². The Morgan fingerprint density at radius 3 is 2.43 bits per heavy atom. The summed E-state index contributed by atoms with van der Waals surface area (Å²) >= 11 is 1.16. The summed E-state index contributed by atoms with van der Waals surface area (Å²) in [6.07, 6.45) is 1.97. The number of carboxylic acids is 1. The van der Waals surface area contributed by atoms with E-state index in [1.165, 1.54) is 30.5 Å². The second kappa shape index (κ2) is 7.15. The van der Waals surface area contributed by atoms with Gasteiger partial charge in [0.2, 0.25) is 5.91 Å². The van der Waals surface area contributed by atoms with Gasteiger partial charge in [0, 0.05) is 17.3 Å². The average molecular weight is 423 g/mol. The van der Waals surface area contributed by atoms with Gasteiger partial charge in [-0.05, 0) is 37.1 Å². The molecule has 148 valence electrons. The number of thiazole rings is 1. The van der Waals surface area contributed by atoms with Crippen molar-refractivity contribution in [3.63, 3.8) is 0 Å². The van der Waals surface area contributed by atoms with E-state index in [0.29, 0.717) is 18.5 Å². The maximum Gasteiger partial charge on any atom is 0.310 e. The third kappa shape index (κ3) is 3.48. The second-order valence-electron chi connectivity index (χ2n) is 6.64. The Morgan fingerprint density at radius 2 is 1.82 bits per heavy atom. The monoisotopic (exact) mass is 423 g/mol. The van der Waals surface area contributed by atoms with Crippen molar-refractivity contribution in [2.45, 2.75) is 29.9 Å². The van der Waals surface area contributed by atoms with Crippen LogP contribution in [0.25, 0.3) is 0 Å². The van der Waals surface area contributed by atoms with Crippen LogP contribution in [-0.2, 0) is 24.3 Å². The zero-order chi connectivity index (χ0) is 19.9. The molecule has 28 heavy (non-hydrogen) atoms. The number of hydrogen-bond acceptors (Lipinski definition) is 7. The first-order valence-electron chi connectivity index (χ1n) is 8.57. The van der Waals surface area contributed by atoms with E-state index in [1.807, 2.05) is 0 Å². The summed E-state index contributed by atoms with van der Waals surface area (Å²) in [5.41, 5.74) is 0.380. The number of anilines is 2. The van der Waals surface area contributed by atoms with Crippen molar-refractivity contribution >= 4 is 44.1 Å². The lowest BCUT2D eigenvalue weighted by atomic mass is 9.78. The number of carbonyl (C=O) groups excluding carboxylic acids is 1. The van der Waals surface area contributed by atoms with Crippen LogP contribution in [0.15, 0.2) is 40.7 Å². The Balaban J connectivity index is 1.46. The topological polar surface area (TPSA) is 135 Å². The molecule has 3 N–H and O–H groups in total. The molecule has 0 saturated carbocycles. The molecule has 2 bridgehead atoms. The fraction of sp³-hybridized carbons (Fsp3) is 0.353. The summed E-state index contributed by atoms with van der Waals surface area (Å²) in [7, 11) is -3.78. The predicted molar refractivity (Wildman–Crippen MR) is 101 cm³/mol. The smallest absolute Gasteiger partial charge is 0.310 e. The predicted octanol–water partition coefficient (Wildman–Crippen LogP) is 1.76. The van der Waals surface area contributed by atoms with Crippen molar-refractivity contribution in [2.24, 2.45) is 11.8 Å². The van der Waals surface area contributed by atoms with Gasteiger partial charge in [0.15, 0.2) is 5.13 Å². The zero-order valence-corrected chi connectivity index (χ0v) is 16.1. The maximum absolute atomic E-state index is 12.6. The zero-order valence-electron chi connectivity index (χ0n) is 14.4. The average Bonchev–Trinajstić information content (AvgIpc) is 3.38. The van der Waals surface area contributed by atoms with E-state index in [9.17, 15) is 23.1 Å². The van der Waals surface area contributed by atoms with Crippen LogP contribution in [-0.4, -0.2) is 42.6 Å². The van der Waals surface area contributed by atoms with Crippen LogP contribution in [0.5, 0.6) is 0 Å². The molecular formula is C17H17N3O6S2. The van der Waals surface area contributed by atoms with Gasteiger partial charge in [-0.15, -0.1) is 11.3 Å². The first-order valence-corrected chi connectivity index (χ1v) is 10.9. The molecule has 1 aromatic carbocycles. The standard InChI is InChI=1S/C17H17N3O6S2/c21-15(13-11-5-6-12(26-11)14(13)16(22)23)19-9-1-3-10(4-2-9)28(24,25)20-17-18-7-8-27-17/h1-4,7-8,11-14H,5-6H2,(H,18,20)(H,19,21)(H,22,23)/t11-,12+,13+,14+/m1/s1. The van der Waals surface area contributed by atoms with Crippen LogP contribution in [0.4, 0.5) is 10.8 Å². The lowest BCUT2D eigenvalue weighted by Gasteiger charge is -2.23. The largest absolute Gasteiger partial charge is 0.481 e. The highest BCUT2D eigenvalue weighted by Gasteiger charge is 2.55. The minimum absolute atomic E-state index is 0.0207. The molecule has 1 aromatic heterocycles. The molecule has 2 aliphatic rings. The third-order valence-corrected chi connectivity index (χ3v) is 7.12. The Kier molecular flexibility index (Phi) is 4.81. The van der Waals surface area contributed by atoms with Crippen molar-refractivity contribution in [1.29, 1.82) is 0 Å². The molecule has 2 saturated heterocycles. The van der Waals surface area contributed by atoms with Crippen LogP contribution < -0.4 is 10.0 Å². The number of carbonyl (C=O) groups is 2. The Hall–Kier alpha value is -2.50. The molecule has 2 aliphatic heterocycles. The number of nitrogens with zero attached hydrogens (tertiary/aromatic N) is 1. The van der Waals surface area contributed by atoms with Gasteiger partial charge in [-0.25, -0.2) is 13.4 Å². The lowest BCUT2D eigenvalue weighted by molar-refractivity contribution is -0.147. The van der Waals surface area contributed by atoms with E-state index in [0.717, 1.165) is 11.3 Å². The van der Waals surface area contributed by atoms with Crippen LogP contribution in [0.3, 0.4) is 0 Å². The number of nitrogens with one attached hydrogen (secondary N) is 2. The van der Waals surface area contributed by atoms with Crippen molar-refractivity contribution in [3.05, 3.63) is 35.8 Å². The molecule has 4 atom stereocenters. The van der Waals surface area contributed by atoms with Crippen molar-refractivity contribution in [3.8, 4) is 0 Å². The molecule has 2 aromatic rings. The molecule has 0 aliphatic carbocycles. The van der Waals surface area contributed by atoms with E-state index < -0.39 is 45.9 Å². The van der Waals surface area contributed by atoms with Crippen molar-refractivity contribution < 1.29 is 27.9 Å². The van der Waals surface area contributed by atoms with E-state index in [4.69, 9.17) is 4.74 Å². The number of benzene rings is 1. The fourth-order valence-corrected chi connectivity index (χ4v) is 5.50. The van der Waals surface area contributed by atoms with E-state index in [2.05, 4.69) is 15.0 Å². The molecule has 0 unspecified atom stereocenters. The minimum atomic E-state index is -3.78. The Morgan fingerprint density at radius 1 is 1.14 bits per heavy atom. The normalized spacial score (nSPS) is 26.1. The van der Waals surface area contributed by atoms with Gasteiger partial charge in [-0.3, -0.25) is 14.3 Å². The highest BCUT2D eigenvalue weighted by atomic mass is 32.2. The summed E-state index contributed by atoms with van der Waals surface area (Å²) in [5, 5.41) is 14.0. The summed E-state index contributed by atoms with van der Waals surface area (Å²) in [6, 6.07) is 5.63. The maximum atomic E-state index is 12.6. The number of carboxylic acid groups (broad SMARTS) is 1. The number of sulfonamides is 1. The van der Waals surface area contributed by atoms with Crippen LogP contribution >= 0.6 is 11.3 Å². The summed E-state index contributed by atoms with van der Waals surface area (Å²) < 4.78 is 32.6. The molecule has 3 heterocycles. The second-order valence-corrected chi connectivity index (χ2v) is 9.21. The van der Waals surface area contributed by atoms with Gasteiger partial charge in [0.25, 0.3) is 10.0 Å². The Labute approximate surface area is 164 Å². The van der Waals surface area contributed by atoms with Gasteiger partial charge >= 0.3 is 5.97 Å². The SMILES string of the molecule is O=C(O)[C@@H]1[C@@H](C(=O)Nc2ccc(S(=O)(=O)Nc3nccs3)cc2)[C@H]2CC[C@@H]1O2. The number of rotatable bonds is 6. The Bertz CT molecular complexity index is 990. The number of fused-ring (bicyclic) bond motifs is 2. The van der Waals surface area contributed by atoms with Gasteiger partial charge in [-0.1, -0.05) is 0 Å². The highest BCUT2D eigenvalue weighted by molar-refractivity contribution is 7.93. The summed E-state index contributed by atoms with van der Waals surface area (Å²) in [4.78, 5) is 28.0. The first kappa shape index (κ1) is 18.8. The molecule has 11 heteroatoms. The number of aliphatic carboxylic acids is 1. The quantitative estimate of drug-likeness (QED) is 0.644. The molecular weight excluding hydrogens is 406 g/mol. The van der Waals surface area contributed by atoms with Gasteiger partial charge in [-0.2, -0.15) is 0 Å². The number of amides is 1. The third-order valence-electron chi connectivity index (χ3n) is 4.95. The fourth-order valence-electron chi connectivity index (χ4n) is 3.72. The van der Waals surface area contributed by atoms with Crippen molar-refractivity contribution in [2.75, 3.05) is 10.0 Å². The highest BCUT2D eigenvalue weighted by Crippen LogP contribution is 2.44. The summed E-state index contributed by atoms with van der Waals surface area (Å²) in [5.74, 6) is -3.09. The van der Waals surface area contributed by atoms with Crippen LogP contribution in [0, 0.1) is 11.8 Å². The van der Waals surface area contributed by atoms with Gasteiger partial charge < -0.3 is 15.2 Å². The number of ether oxygens (including phenoxy) is 1. The lowest BCUT2D eigenvalue weighted by Crippen LogP contribution is -2.40. The summed E-state index contributed by atoms with van der Waals surface area (Å²) in [6.45, 7) is 0. The number of aromatic nitrogens is 1.